The summed E-state index contributed by atoms with van der Waals surface area (Å²) in [5.41, 5.74) is 0.636. The van der Waals surface area contributed by atoms with Crippen LogP contribution in [-0.2, 0) is 14.8 Å². The van der Waals surface area contributed by atoms with Crippen LogP contribution in [0.3, 0.4) is 0 Å². The van der Waals surface area contributed by atoms with Crippen LogP contribution in [0, 0.1) is 5.92 Å². The van der Waals surface area contributed by atoms with Gasteiger partial charge in [0.1, 0.15) is 0 Å². The summed E-state index contributed by atoms with van der Waals surface area (Å²) in [5.74, 6) is 0.244. The van der Waals surface area contributed by atoms with Gasteiger partial charge in [0, 0.05) is 26.2 Å². The maximum absolute atomic E-state index is 12.9. The van der Waals surface area contributed by atoms with E-state index in [9.17, 15) is 13.2 Å². The fraction of sp³-hybridized carbons (Fsp3) is 0.529. The number of nitrogens with zero attached hydrogens (tertiary/aromatic N) is 3. The van der Waals surface area contributed by atoms with Crippen LogP contribution in [-0.4, -0.2) is 68.5 Å². The maximum atomic E-state index is 12.9. The molecule has 2 aromatic rings. The molecule has 2 heterocycles. The summed E-state index contributed by atoms with van der Waals surface area (Å²) >= 11 is 1.22. The quantitative estimate of drug-likeness (QED) is 0.811. The number of thiazole rings is 1. The molecule has 1 aromatic carbocycles. The molecule has 1 N–H and O–H groups in total. The molecule has 1 aliphatic heterocycles. The van der Waals surface area contributed by atoms with Gasteiger partial charge in [-0.2, -0.15) is 4.31 Å². The third-order valence-electron chi connectivity index (χ3n) is 4.22. The van der Waals surface area contributed by atoms with Crippen LogP contribution in [0.2, 0.25) is 0 Å². The fourth-order valence-corrected chi connectivity index (χ4v) is 5.08. The number of hydrogen-bond acceptors (Lipinski definition) is 7. The van der Waals surface area contributed by atoms with Gasteiger partial charge in [0.05, 0.1) is 21.7 Å². The molecule has 0 bridgehead atoms. The summed E-state index contributed by atoms with van der Waals surface area (Å²) in [6, 6.07) is 4.85. The number of aromatic nitrogens is 1. The van der Waals surface area contributed by atoms with Crippen LogP contribution in [0.4, 0.5) is 9.93 Å². The van der Waals surface area contributed by atoms with Crippen molar-refractivity contribution in [3.63, 3.8) is 0 Å². The van der Waals surface area contributed by atoms with Crippen LogP contribution in [0.25, 0.3) is 10.2 Å². The monoisotopic (exact) mass is 412 g/mol. The predicted octanol–water partition coefficient (Wildman–Crippen LogP) is 2.44. The fourth-order valence-electron chi connectivity index (χ4n) is 2.66. The van der Waals surface area contributed by atoms with Crippen molar-refractivity contribution in [1.82, 2.24) is 14.2 Å². The van der Waals surface area contributed by atoms with Crippen LogP contribution >= 0.6 is 11.3 Å². The smallest absolute Gasteiger partial charge is 0.413 e. The lowest BCUT2D eigenvalue weighted by Crippen LogP contribution is -2.46. The van der Waals surface area contributed by atoms with Crippen LogP contribution in [0.15, 0.2) is 23.1 Å². The largest absolute Gasteiger partial charge is 0.449 e. The van der Waals surface area contributed by atoms with Crippen molar-refractivity contribution >= 4 is 42.8 Å². The molecule has 1 aromatic heterocycles. The second-order valence-electron chi connectivity index (χ2n) is 6.97. The number of amides is 1. The van der Waals surface area contributed by atoms with Gasteiger partial charge in [0.25, 0.3) is 0 Å². The maximum Gasteiger partial charge on any atom is 0.413 e. The first kappa shape index (κ1) is 20.0. The van der Waals surface area contributed by atoms with Crippen molar-refractivity contribution in [1.29, 1.82) is 0 Å². The number of nitrogens with one attached hydrogen (secondary N) is 1. The summed E-state index contributed by atoms with van der Waals surface area (Å²) in [7, 11) is -1.56. The second kappa shape index (κ2) is 8.09. The third kappa shape index (κ3) is 4.75. The summed E-state index contributed by atoms with van der Waals surface area (Å²) in [5, 5.41) is 2.98. The van der Waals surface area contributed by atoms with Gasteiger partial charge in [-0.3, -0.25) is 5.32 Å². The Hall–Kier alpha value is -1.75. The number of fused-ring (bicyclic) bond motifs is 1. The highest BCUT2D eigenvalue weighted by Crippen LogP contribution is 2.29. The minimum absolute atomic E-state index is 0.244. The first-order valence-electron chi connectivity index (χ1n) is 8.79. The Morgan fingerprint density at radius 3 is 2.67 bits per heavy atom. The van der Waals surface area contributed by atoms with Crippen molar-refractivity contribution in [2.75, 3.05) is 45.2 Å². The van der Waals surface area contributed by atoms with Gasteiger partial charge in [-0.05, 0) is 31.2 Å². The molecule has 27 heavy (non-hydrogen) atoms. The SMILES string of the molecule is CC(C)COC(=O)Nc1nc2ccc(S(=O)(=O)N3CCN(C)CC3)cc2s1. The predicted molar refractivity (Wildman–Crippen MR) is 106 cm³/mol. The van der Waals surface area contributed by atoms with E-state index in [0.29, 0.717) is 48.1 Å². The Kier molecular flexibility index (Phi) is 5.99. The number of carbonyl (C=O) groups excluding carboxylic acids is 1. The zero-order valence-corrected chi connectivity index (χ0v) is 17.3. The average molecular weight is 413 g/mol. The molecule has 0 radical (unpaired) electrons. The number of benzene rings is 1. The molecule has 8 nitrogen and oxygen atoms in total. The lowest BCUT2D eigenvalue weighted by atomic mass is 10.2. The van der Waals surface area contributed by atoms with E-state index in [2.05, 4.69) is 15.2 Å². The van der Waals surface area contributed by atoms with Crippen molar-refractivity contribution in [3.05, 3.63) is 18.2 Å². The Balaban J connectivity index is 1.76. The lowest BCUT2D eigenvalue weighted by Gasteiger charge is -2.31. The molecule has 0 aliphatic carbocycles. The van der Waals surface area contributed by atoms with Gasteiger partial charge in [-0.1, -0.05) is 25.2 Å². The van der Waals surface area contributed by atoms with Gasteiger partial charge < -0.3 is 9.64 Å². The minimum atomic E-state index is -3.54. The van der Waals surface area contributed by atoms with E-state index in [1.165, 1.54) is 15.6 Å². The molecule has 0 unspecified atom stereocenters. The summed E-state index contributed by atoms with van der Waals surface area (Å²) < 4.78 is 33.0. The van der Waals surface area contributed by atoms with Gasteiger partial charge in [0.15, 0.2) is 5.13 Å². The van der Waals surface area contributed by atoms with E-state index in [1.54, 1.807) is 18.2 Å². The normalized spacial score (nSPS) is 16.7. The third-order valence-corrected chi connectivity index (χ3v) is 7.04. The highest BCUT2D eigenvalue weighted by Gasteiger charge is 2.27. The topological polar surface area (TPSA) is 91.8 Å². The number of rotatable bonds is 5. The molecule has 1 saturated heterocycles. The Bertz CT molecular complexity index is 918. The first-order valence-corrected chi connectivity index (χ1v) is 11.0. The van der Waals surface area contributed by atoms with Gasteiger partial charge in [0.2, 0.25) is 10.0 Å². The molecule has 0 atom stereocenters. The second-order valence-corrected chi connectivity index (χ2v) is 9.94. The average Bonchev–Trinajstić information content (AvgIpc) is 3.01. The Morgan fingerprint density at radius 2 is 2.00 bits per heavy atom. The minimum Gasteiger partial charge on any atom is -0.449 e. The standard InChI is InChI=1S/C17H24N4O4S2/c1-12(2)11-25-17(22)19-16-18-14-5-4-13(10-15(14)26-16)27(23,24)21-8-6-20(3)7-9-21/h4-5,10,12H,6-9,11H2,1-3H3,(H,18,19,22). The van der Waals surface area contributed by atoms with E-state index in [0.717, 1.165) is 0 Å². The Labute approximate surface area is 163 Å². The van der Waals surface area contributed by atoms with Gasteiger partial charge >= 0.3 is 6.09 Å². The summed E-state index contributed by atoms with van der Waals surface area (Å²) in [6.07, 6.45) is -0.562. The Morgan fingerprint density at radius 1 is 1.30 bits per heavy atom. The molecule has 0 spiro atoms. The number of ether oxygens (including phenoxy) is 1. The highest BCUT2D eigenvalue weighted by molar-refractivity contribution is 7.89. The number of likely N-dealkylation sites (N-methyl/N-ethyl adjacent to an activating group) is 1. The molecule has 0 saturated carbocycles. The number of sulfonamides is 1. The summed E-state index contributed by atoms with van der Waals surface area (Å²) in [4.78, 5) is 18.4. The van der Waals surface area contributed by atoms with E-state index in [-0.39, 0.29) is 10.8 Å². The van der Waals surface area contributed by atoms with E-state index in [4.69, 9.17) is 4.74 Å². The highest BCUT2D eigenvalue weighted by atomic mass is 32.2. The number of anilines is 1. The first-order chi connectivity index (χ1) is 12.8. The number of piperazine rings is 1. The van der Waals surface area contributed by atoms with Crippen LogP contribution < -0.4 is 5.32 Å². The number of hydrogen-bond donors (Lipinski definition) is 1. The molecular weight excluding hydrogens is 388 g/mol. The van der Waals surface area contributed by atoms with E-state index >= 15 is 0 Å². The molecule has 10 heteroatoms. The molecule has 3 rings (SSSR count). The molecule has 1 fully saturated rings. The van der Waals surface area contributed by atoms with Gasteiger partial charge in [-0.25, -0.2) is 18.2 Å². The number of carbonyl (C=O) groups is 1. The van der Waals surface area contributed by atoms with E-state index < -0.39 is 16.1 Å². The van der Waals surface area contributed by atoms with Crippen LogP contribution in [0.5, 0.6) is 0 Å². The van der Waals surface area contributed by atoms with Crippen molar-refractivity contribution in [2.45, 2.75) is 18.7 Å². The molecular formula is C17H24N4O4S2. The summed E-state index contributed by atoms with van der Waals surface area (Å²) in [6.45, 7) is 6.62. The van der Waals surface area contributed by atoms with Crippen molar-refractivity contribution < 1.29 is 17.9 Å². The molecule has 1 aliphatic rings. The zero-order chi connectivity index (χ0) is 19.6. The lowest BCUT2D eigenvalue weighted by molar-refractivity contribution is 0.147. The van der Waals surface area contributed by atoms with Crippen molar-refractivity contribution in [3.8, 4) is 0 Å². The van der Waals surface area contributed by atoms with Crippen LogP contribution in [0.1, 0.15) is 13.8 Å². The zero-order valence-electron chi connectivity index (χ0n) is 15.6. The van der Waals surface area contributed by atoms with Crippen molar-refractivity contribution in [2.24, 2.45) is 5.92 Å². The molecule has 148 valence electrons. The van der Waals surface area contributed by atoms with Gasteiger partial charge in [-0.15, -0.1) is 0 Å². The molecule has 1 amide bonds. The van der Waals surface area contributed by atoms with E-state index in [1.807, 2.05) is 20.9 Å².